The van der Waals surface area contributed by atoms with Crippen LogP contribution in [0.2, 0.25) is 0 Å². The summed E-state index contributed by atoms with van der Waals surface area (Å²) in [4.78, 5) is 33.5. The third kappa shape index (κ3) is 4.34. The molecule has 8 heteroatoms. The van der Waals surface area contributed by atoms with Crippen molar-refractivity contribution in [2.24, 2.45) is 0 Å². The van der Waals surface area contributed by atoms with Gasteiger partial charge in [0.25, 0.3) is 5.78 Å². The van der Waals surface area contributed by atoms with Crippen LogP contribution in [0.3, 0.4) is 0 Å². The monoisotopic (exact) mass is 552 g/mol. The van der Waals surface area contributed by atoms with Gasteiger partial charge in [0.05, 0.1) is 21.8 Å². The van der Waals surface area contributed by atoms with E-state index in [1.54, 1.807) is 36.4 Å². The highest BCUT2D eigenvalue weighted by molar-refractivity contribution is 7.22. The van der Waals surface area contributed by atoms with Crippen molar-refractivity contribution < 1.29 is 24.2 Å². The van der Waals surface area contributed by atoms with E-state index in [-0.39, 0.29) is 17.4 Å². The highest BCUT2D eigenvalue weighted by Gasteiger charge is 2.48. The molecule has 1 saturated heterocycles. The molecule has 1 fully saturated rings. The highest BCUT2D eigenvalue weighted by Crippen LogP contribution is 2.45. The van der Waals surface area contributed by atoms with Gasteiger partial charge in [-0.3, -0.25) is 14.5 Å². The molecule has 2 aliphatic rings. The van der Waals surface area contributed by atoms with Crippen LogP contribution in [0.15, 0.2) is 72.8 Å². The summed E-state index contributed by atoms with van der Waals surface area (Å²) < 4.78 is 12.5. The molecule has 3 heterocycles. The van der Waals surface area contributed by atoms with Crippen molar-refractivity contribution in [1.82, 2.24) is 4.98 Å². The predicted octanol–water partition coefficient (Wildman–Crippen LogP) is 6.43. The zero-order valence-corrected chi connectivity index (χ0v) is 23.2. The summed E-state index contributed by atoms with van der Waals surface area (Å²) in [7, 11) is 0. The number of Topliss-reactive ketones (excluding diaryl/α,β-unsaturated/α-hetero) is 1. The molecule has 6 rings (SSSR count). The molecule has 202 valence electrons. The van der Waals surface area contributed by atoms with E-state index in [0.29, 0.717) is 35.0 Å². The topological polar surface area (TPSA) is 89.0 Å². The van der Waals surface area contributed by atoms with E-state index in [2.05, 4.69) is 6.58 Å². The Morgan fingerprint density at radius 1 is 1.20 bits per heavy atom. The van der Waals surface area contributed by atoms with Gasteiger partial charge in [0.2, 0.25) is 0 Å². The van der Waals surface area contributed by atoms with Gasteiger partial charge in [-0.25, -0.2) is 4.98 Å². The van der Waals surface area contributed by atoms with Crippen LogP contribution in [0.25, 0.3) is 16.0 Å². The Kier molecular flexibility index (Phi) is 6.43. The van der Waals surface area contributed by atoms with Gasteiger partial charge in [0.15, 0.2) is 5.13 Å². The van der Waals surface area contributed by atoms with Gasteiger partial charge < -0.3 is 14.6 Å². The Balaban J connectivity index is 1.54. The minimum absolute atomic E-state index is 0.00458. The van der Waals surface area contributed by atoms with Crippen LogP contribution in [0.5, 0.6) is 11.5 Å². The second-order valence-corrected chi connectivity index (χ2v) is 11.2. The molecule has 0 bridgehead atoms. The van der Waals surface area contributed by atoms with Crippen molar-refractivity contribution in [3.8, 4) is 11.5 Å². The lowest BCUT2D eigenvalue weighted by molar-refractivity contribution is -0.132. The van der Waals surface area contributed by atoms with Gasteiger partial charge in [-0.05, 0) is 79.4 Å². The number of amides is 1. The number of hydrogen-bond acceptors (Lipinski definition) is 7. The fourth-order valence-electron chi connectivity index (χ4n) is 5.46. The van der Waals surface area contributed by atoms with Crippen LogP contribution in [0.4, 0.5) is 5.13 Å². The maximum absolute atomic E-state index is 13.7. The van der Waals surface area contributed by atoms with Crippen LogP contribution in [-0.4, -0.2) is 34.5 Å². The summed E-state index contributed by atoms with van der Waals surface area (Å²) in [6.07, 6.45) is 2.37. The van der Waals surface area contributed by atoms with E-state index >= 15 is 0 Å². The van der Waals surface area contributed by atoms with Crippen LogP contribution >= 0.6 is 11.3 Å². The van der Waals surface area contributed by atoms with Gasteiger partial charge in [-0.2, -0.15) is 0 Å². The fraction of sp³-hybridized carbons (Fsp3) is 0.219. The first kappa shape index (κ1) is 25.8. The molecule has 3 aromatic carbocycles. The van der Waals surface area contributed by atoms with E-state index < -0.39 is 17.7 Å². The van der Waals surface area contributed by atoms with E-state index in [1.165, 1.54) is 16.2 Å². The Morgan fingerprint density at radius 3 is 2.83 bits per heavy atom. The van der Waals surface area contributed by atoms with Gasteiger partial charge in [0, 0.05) is 12.0 Å². The molecule has 0 unspecified atom stereocenters. The largest absolute Gasteiger partial charge is 0.507 e. The molecule has 1 aromatic heterocycles. The Morgan fingerprint density at radius 2 is 2.02 bits per heavy atom. The molecule has 0 aliphatic carbocycles. The smallest absolute Gasteiger partial charge is 0.301 e. The number of aliphatic hydroxyl groups excluding tert-OH is 1. The summed E-state index contributed by atoms with van der Waals surface area (Å²) in [5, 5.41) is 12.0. The Labute approximate surface area is 236 Å². The SMILES string of the molecule is C=CCOc1cccc([C@@H]2C(=C(O)c3ccc4c(c3)C[C@@H](C)O4)C(=O)C(=O)N2c2nc3c(C)cc(C)cc3s2)c1. The molecule has 2 aliphatic heterocycles. The standard InChI is InChI=1S/C32H28N2O5S/c1-5-11-38-23-8-6-7-20(16-23)28-26(29(35)21-9-10-24-22(15-21)14-19(4)39-24)30(36)31(37)34(28)32-33-27-18(3)12-17(2)13-25(27)40-32/h5-10,12-13,15-16,19,28,35H,1,11,14H2,2-4H3/t19-,28-/m1/s1. The average molecular weight is 553 g/mol. The molecular formula is C32H28N2O5S. The quantitative estimate of drug-likeness (QED) is 0.128. The maximum Gasteiger partial charge on any atom is 0.301 e. The summed E-state index contributed by atoms with van der Waals surface area (Å²) >= 11 is 1.35. The average Bonchev–Trinajstić information content (AvgIpc) is 3.59. The van der Waals surface area contributed by atoms with Crippen molar-refractivity contribution in [3.05, 3.63) is 101 Å². The normalized spacial score (nSPS) is 19.6. The second-order valence-electron chi connectivity index (χ2n) is 10.2. The van der Waals surface area contributed by atoms with Gasteiger partial charge in [-0.1, -0.05) is 42.2 Å². The van der Waals surface area contributed by atoms with E-state index in [4.69, 9.17) is 14.5 Å². The van der Waals surface area contributed by atoms with Gasteiger partial charge in [-0.15, -0.1) is 0 Å². The summed E-state index contributed by atoms with van der Waals surface area (Å²) in [6, 6.07) is 15.7. The number of hydrogen-bond donors (Lipinski definition) is 1. The molecule has 4 aromatic rings. The number of aryl methyl sites for hydroxylation is 2. The number of thiazole rings is 1. The minimum atomic E-state index is -0.905. The van der Waals surface area contributed by atoms with Crippen LogP contribution in [0, 0.1) is 13.8 Å². The van der Waals surface area contributed by atoms with E-state index in [9.17, 15) is 14.7 Å². The lowest BCUT2D eigenvalue weighted by Gasteiger charge is -2.23. The number of nitrogens with zero attached hydrogens (tertiary/aromatic N) is 2. The zero-order valence-electron chi connectivity index (χ0n) is 22.4. The first-order chi connectivity index (χ1) is 19.2. The number of fused-ring (bicyclic) bond motifs is 2. The highest BCUT2D eigenvalue weighted by atomic mass is 32.1. The fourth-order valence-corrected chi connectivity index (χ4v) is 6.63. The van der Waals surface area contributed by atoms with Crippen LogP contribution < -0.4 is 14.4 Å². The van der Waals surface area contributed by atoms with E-state index in [1.807, 2.05) is 45.0 Å². The molecule has 0 radical (unpaired) electrons. The zero-order chi connectivity index (χ0) is 28.1. The first-order valence-corrected chi connectivity index (χ1v) is 13.9. The van der Waals surface area contributed by atoms with Crippen molar-refractivity contribution in [2.45, 2.75) is 39.3 Å². The second kappa shape index (κ2) is 9.95. The number of rotatable bonds is 6. The van der Waals surface area contributed by atoms with Crippen molar-refractivity contribution in [2.75, 3.05) is 11.5 Å². The number of aromatic nitrogens is 1. The van der Waals surface area contributed by atoms with Gasteiger partial charge in [0.1, 0.15) is 30.0 Å². The van der Waals surface area contributed by atoms with Crippen molar-refractivity contribution in [3.63, 3.8) is 0 Å². The Hall–Kier alpha value is -4.43. The number of anilines is 1. The Bertz CT molecular complexity index is 1740. The maximum atomic E-state index is 13.7. The molecule has 2 atom stereocenters. The number of benzene rings is 3. The molecular weight excluding hydrogens is 524 g/mol. The predicted molar refractivity (Wildman–Crippen MR) is 156 cm³/mol. The number of aliphatic hydroxyl groups is 1. The van der Waals surface area contributed by atoms with E-state index in [0.717, 1.165) is 32.7 Å². The van der Waals surface area contributed by atoms with Crippen LogP contribution in [0.1, 0.15) is 40.8 Å². The lowest BCUT2D eigenvalue weighted by Crippen LogP contribution is -2.29. The molecule has 7 nitrogen and oxygen atoms in total. The molecule has 0 spiro atoms. The molecule has 1 amide bonds. The van der Waals surface area contributed by atoms with Crippen LogP contribution in [-0.2, 0) is 16.0 Å². The third-order valence-electron chi connectivity index (χ3n) is 7.18. The van der Waals surface area contributed by atoms with Crippen molar-refractivity contribution >= 4 is 44.1 Å². The summed E-state index contributed by atoms with van der Waals surface area (Å²) in [6.45, 7) is 9.97. The summed E-state index contributed by atoms with van der Waals surface area (Å²) in [5.41, 5.74) is 4.87. The lowest BCUT2D eigenvalue weighted by atomic mass is 9.94. The first-order valence-electron chi connectivity index (χ1n) is 13.1. The number of ether oxygens (including phenoxy) is 2. The number of carbonyl (C=O) groups is 2. The minimum Gasteiger partial charge on any atom is -0.507 e. The molecule has 1 N–H and O–H groups in total. The summed E-state index contributed by atoms with van der Waals surface area (Å²) in [5.74, 6) is -0.429. The molecule has 0 saturated carbocycles. The number of ketones is 1. The molecule has 40 heavy (non-hydrogen) atoms. The van der Waals surface area contributed by atoms with Crippen molar-refractivity contribution in [1.29, 1.82) is 0 Å². The number of carbonyl (C=O) groups excluding carboxylic acids is 2. The van der Waals surface area contributed by atoms with Gasteiger partial charge >= 0.3 is 5.91 Å². The third-order valence-corrected chi connectivity index (χ3v) is 8.18.